The highest BCUT2D eigenvalue weighted by Crippen LogP contribution is 2.09. The summed E-state index contributed by atoms with van der Waals surface area (Å²) in [7, 11) is 0. The summed E-state index contributed by atoms with van der Waals surface area (Å²) in [6.45, 7) is 8.92. The van der Waals surface area contributed by atoms with E-state index in [0.29, 0.717) is 6.42 Å². The monoisotopic (exact) mass is 200 g/mol. The molecule has 0 aromatic carbocycles. The lowest BCUT2D eigenvalue weighted by molar-refractivity contribution is -0.144. The van der Waals surface area contributed by atoms with Crippen LogP contribution >= 0.6 is 0 Å². The SMILES string of the molecule is CCC(C(=O)O)N1CCN(CC)CC1. The lowest BCUT2D eigenvalue weighted by atomic mass is 10.1. The summed E-state index contributed by atoms with van der Waals surface area (Å²) in [5.74, 6) is -0.683. The van der Waals surface area contributed by atoms with Gasteiger partial charge in [-0.3, -0.25) is 9.69 Å². The number of hydrogen-bond acceptors (Lipinski definition) is 3. The summed E-state index contributed by atoms with van der Waals surface area (Å²) in [5.41, 5.74) is 0. The Bertz CT molecular complexity index is 189. The van der Waals surface area contributed by atoms with Gasteiger partial charge in [0.25, 0.3) is 0 Å². The second-order valence-electron chi connectivity index (χ2n) is 3.73. The molecule has 0 bridgehead atoms. The molecule has 0 amide bonds. The normalized spacial score (nSPS) is 22.1. The molecule has 14 heavy (non-hydrogen) atoms. The molecule has 0 aromatic heterocycles. The van der Waals surface area contributed by atoms with Crippen molar-refractivity contribution in [2.24, 2.45) is 0 Å². The van der Waals surface area contributed by atoms with Crippen molar-refractivity contribution >= 4 is 5.97 Å². The van der Waals surface area contributed by atoms with Crippen LogP contribution in [0.15, 0.2) is 0 Å². The van der Waals surface area contributed by atoms with E-state index in [4.69, 9.17) is 5.11 Å². The molecular formula is C10H20N2O2. The van der Waals surface area contributed by atoms with E-state index in [0.717, 1.165) is 32.7 Å². The maximum atomic E-state index is 10.9. The first kappa shape index (κ1) is 11.5. The Morgan fingerprint density at radius 3 is 2.21 bits per heavy atom. The Hall–Kier alpha value is -0.610. The van der Waals surface area contributed by atoms with Gasteiger partial charge in [-0.1, -0.05) is 13.8 Å². The van der Waals surface area contributed by atoms with Crippen LogP contribution in [-0.2, 0) is 4.79 Å². The highest BCUT2D eigenvalue weighted by Gasteiger charge is 2.26. The van der Waals surface area contributed by atoms with Crippen molar-refractivity contribution in [3.05, 3.63) is 0 Å². The van der Waals surface area contributed by atoms with Gasteiger partial charge in [0, 0.05) is 26.2 Å². The van der Waals surface area contributed by atoms with E-state index < -0.39 is 5.97 Å². The van der Waals surface area contributed by atoms with Gasteiger partial charge >= 0.3 is 5.97 Å². The van der Waals surface area contributed by atoms with Crippen LogP contribution in [-0.4, -0.2) is 59.6 Å². The minimum Gasteiger partial charge on any atom is -0.480 e. The van der Waals surface area contributed by atoms with Crippen LogP contribution in [0.3, 0.4) is 0 Å². The van der Waals surface area contributed by atoms with Crippen molar-refractivity contribution in [2.75, 3.05) is 32.7 Å². The summed E-state index contributed by atoms with van der Waals surface area (Å²) >= 11 is 0. The molecule has 4 heteroatoms. The van der Waals surface area contributed by atoms with Gasteiger partial charge in [-0.2, -0.15) is 0 Å². The minimum absolute atomic E-state index is 0.283. The number of piperazine rings is 1. The van der Waals surface area contributed by atoms with Crippen molar-refractivity contribution in [2.45, 2.75) is 26.3 Å². The van der Waals surface area contributed by atoms with Gasteiger partial charge in [0.1, 0.15) is 6.04 Å². The Balaban J connectivity index is 2.43. The summed E-state index contributed by atoms with van der Waals surface area (Å²) in [4.78, 5) is 15.4. The minimum atomic E-state index is -0.683. The quantitative estimate of drug-likeness (QED) is 0.717. The van der Waals surface area contributed by atoms with E-state index >= 15 is 0 Å². The van der Waals surface area contributed by atoms with Crippen molar-refractivity contribution < 1.29 is 9.90 Å². The van der Waals surface area contributed by atoms with Gasteiger partial charge in [-0.05, 0) is 13.0 Å². The van der Waals surface area contributed by atoms with Gasteiger partial charge < -0.3 is 10.0 Å². The predicted octanol–water partition coefficient (Wildman–Crippen LogP) is 0.487. The number of carboxylic acids is 1. The largest absolute Gasteiger partial charge is 0.480 e. The Kier molecular flexibility index (Phi) is 4.35. The summed E-state index contributed by atoms with van der Waals surface area (Å²) < 4.78 is 0. The zero-order chi connectivity index (χ0) is 10.6. The second-order valence-corrected chi connectivity index (χ2v) is 3.73. The molecule has 1 N–H and O–H groups in total. The van der Waals surface area contributed by atoms with Crippen LogP contribution in [0.4, 0.5) is 0 Å². The van der Waals surface area contributed by atoms with Crippen molar-refractivity contribution in [3.8, 4) is 0 Å². The maximum absolute atomic E-state index is 10.9. The van der Waals surface area contributed by atoms with E-state index in [9.17, 15) is 4.79 Å². The fourth-order valence-electron chi connectivity index (χ4n) is 1.98. The predicted molar refractivity (Wildman–Crippen MR) is 55.4 cm³/mol. The molecule has 1 aliphatic rings. The second kappa shape index (κ2) is 5.32. The standard InChI is InChI=1S/C10H20N2O2/c1-3-9(10(13)14)12-7-5-11(4-2)6-8-12/h9H,3-8H2,1-2H3,(H,13,14). The molecule has 1 unspecified atom stereocenters. The number of carbonyl (C=O) groups is 1. The van der Waals surface area contributed by atoms with Gasteiger partial charge in [0.15, 0.2) is 0 Å². The first-order chi connectivity index (χ1) is 6.69. The first-order valence-electron chi connectivity index (χ1n) is 5.38. The van der Waals surface area contributed by atoms with Crippen LogP contribution in [0.2, 0.25) is 0 Å². The fourth-order valence-corrected chi connectivity index (χ4v) is 1.98. The highest BCUT2D eigenvalue weighted by molar-refractivity contribution is 5.73. The Morgan fingerprint density at radius 1 is 1.29 bits per heavy atom. The van der Waals surface area contributed by atoms with Crippen LogP contribution < -0.4 is 0 Å². The van der Waals surface area contributed by atoms with Gasteiger partial charge in [-0.15, -0.1) is 0 Å². The molecule has 82 valence electrons. The molecular weight excluding hydrogens is 180 g/mol. The molecule has 1 rings (SSSR count). The lowest BCUT2D eigenvalue weighted by Crippen LogP contribution is -2.52. The molecule has 0 spiro atoms. The molecule has 0 radical (unpaired) electrons. The fraction of sp³-hybridized carbons (Fsp3) is 0.900. The third-order valence-corrected chi connectivity index (χ3v) is 2.97. The molecule has 0 saturated carbocycles. The average molecular weight is 200 g/mol. The maximum Gasteiger partial charge on any atom is 0.320 e. The number of likely N-dealkylation sites (N-methyl/N-ethyl adjacent to an activating group) is 1. The molecule has 1 fully saturated rings. The molecule has 0 aromatic rings. The smallest absolute Gasteiger partial charge is 0.320 e. The van der Waals surface area contributed by atoms with Crippen LogP contribution in [0, 0.1) is 0 Å². The Morgan fingerprint density at radius 2 is 1.86 bits per heavy atom. The first-order valence-corrected chi connectivity index (χ1v) is 5.38. The summed E-state index contributed by atoms with van der Waals surface area (Å²) in [5, 5.41) is 8.99. The van der Waals surface area contributed by atoms with Crippen molar-refractivity contribution in [1.82, 2.24) is 9.80 Å². The average Bonchev–Trinajstić information content (AvgIpc) is 2.19. The highest BCUT2D eigenvalue weighted by atomic mass is 16.4. The number of nitrogens with zero attached hydrogens (tertiary/aromatic N) is 2. The zero-order valence-corrected chi connectivity index (χ0v) is 9.07. The lowest BCUT2D eigenvalue weighted by Gasteiger charge is -2.36. The molecule has 1 aliphatic heterocycles. The van der Waals surface area contributed by atoms with Gasteiger partial charge in [0.2, 0.25) is 0 Å². The third-order valence-electron chi connectivity index (χ3n) is 2.97. The molecule has 1 saturated heterocycles. The molecule has 0 aliphatic carbocycles. The number of aliphatic carboxylic acids is 1. The summed E-state index contributed by atoms with van der Waals surface area (Å²) in [6.07, 6.45) is 0.696. The number of rotatable bonds is 4. The van der Waals surface area contributed by atoms with Crippen LogP contribution in [0.1, 0.15) is 20.3 Å². The van der Waals surface area contributed by atoms with Crippen molar-refractivity contribution in [3.63, 3.8) is 0 Å². The van der Waals surface area contributed by atoms with Gasteiger partial charge in [-0.25, -0.2) is 0 Å². The van der Waals surface area contributed by atoms with E-state index in [2.05, 4.69) is 16.7 Å². The van der Waals surface area contributed by atoms with E-state index in [-0.39, 0.29) is 6.04 Å². The molecule has 1 heterocycles. The summed E-state index contributed by atoms with van der Waals surface area (Å²) in [6, 6.07) is -0.283. The number of carboxylic acid groups (broad SMARTS) is 1. The zero-order valence-electron chi connectivity index (χ0n) is 9.07. The molecule has 1 atom stereocenters. The third kappa shape index (κ3) is 2.69. The van der Waals surface area contributed by atoms with Crippen LogP contribution in [0.5, 0.6) is 0 Å². The van der Waals surface area contributed by atoms with Crippen LogP contribution in [0.25, 0.3) is 0 Å². The topological polar surface area (TPSA) is 43.8 Å². The Labute approximate surface area is 85.5 Å². The van der Waals surface area contributed by atoms with Gasteiger partial charge in [0.05, 0.1) is 0 Å². The van der Waals surface area contributed by atoms with E-state index in [1.54, 1.807) is 0 Å². The number of hydrogen-bond donors (Lipinski definition) is 1. The van der Waals surface area contributed by atoms with E-state index in [1.807, 2.05) is 6.92 Å². The van der Waals surface area contributed by atoms with E-state index in [1.165, 1.54) is 0 Å². The van der Waals surface area contributed by atoms with Crippen molar-refractivity contribution in [1.29, 1.82) is 0 Å². The molecule has 4 nitrogen and oxygen atoms in total.